The molecule has 0 amide bonds. The second kappa shape index (κ2) is 10.7. The van der Waals surface area contributed by atoms with Crippen molar-refractivity contribution in [3.05, 3.63) is 82.0 Å². The van der Waals surface area contributed by atoms with Crippen molar-refractivity contribution in [1.82, 2.24) is 0 Å². The smallest absolute Gasteiger partial charge is 0.334 e. The van der Waals surface area contributed by atoms with E-state index < -0.39 is 12.1 Å². The summed E-state index contributed by atoms with van der Waals surface area (Å²) < 4.78 is 16.5. The molecule has 2 aromatic rings. The number of hydrogen-bond acceptors (Lipinski definition) is 7. The molecule has 2 aliphatic carbocycles. The maximum atomic E-state index is 12.7. The zero-order chi connectivity index (χ0) is 24.9. The van der Waals surface area contributed by atoms with Gasteiger partial charge in [-0.05, 0) is 55.2 Å². The third-order valence-corrected chi connectivity index (χ3v) is 6.01. The van der Waals surface area contributed by atoms with Crippen LogP contribution < -0.4 is 9.47 Å². The van der Waals surface area contributed by atoms with Gasteiger partial charge >= 0.3 is 5.97 Å². The highest BCUT2D eigenvalue weighted by molar-refractivity contribution is 6.13. The van der Waals surface area contributed by atoms with E-state index in [1.165, 1.54) is 6.08 Å². The Bertz CT molecular complexity index is 1220. The van der Waals surface area contributed by atoms with E-state index in [2.05, 4.69) is 0 Å². The molecule has 1 atom stereocenters. The van der Waals surface area contributed by atoms with Gasteiger partial charge in [-0.2, -0.15) is 0 Å². The van der Waals surface area contributed by atoms with Crippen LogP contribution in [0.25, 0.3) is 0 Å². The van der Waals surface area contributed by atoms with Gasteiger partial charge in [0.1, 0.15) is 30.8 Å². The number of hydrogen-bond donors (Lipinski definition) is 1. The van der Waals surface area contributed by atoms with Gasteiger partial charge in [-0.25, -0.2) is 4.79 Å². The normalized spacial score (nSPS) is 15.4. The average molecular weight is 477 g/mol. The molecule has 0 fully saturated rings. The van der Waals surface area contributed by atoms with Crippen molar-refractivity contribution in [2.45, 2.75) is 39.2 Å². The quantitative estimate of drug-likeness (QED) is 0.550. The molecule has 0 heterocycles. The Balaban J connectivity index is 1.39. The van der Waals surface area contributed by atoms with Gasteiger partial charge in [0.15, 0.2) is 11.6 Å². The molecule has 0 radical (unpaired) electrons. The van der Waals surface area contributed by atoms with Gasteiger partial charge in [-0.15, -0.1) is 0 Å². The van der Waals surface area contributed by atoms with Crippen LogP contribution in [0.3, 0.4) is 0 Å². The van der Waals surface area contributed by atoms with Gasteiger partial charge in [-0.1, -0.05) is 36.8 Å². The lowest BCUT2D eigenvalue weighted by Gasteiger charge is -2.21. The van der Waals surface area contributed by atoms with Crippen molar-refractivity contribution in [1.29, 1.82) is 0 Å². The summed E-state index contributed by atoms with van der Waals surface area (Å²) in [6.07, 6.45) is 3.74. The highest BCUT2D eigenvalue weighted by Crippen LogP contribution is 2.31. The van der Waals surface area contributed by atoms with Crippen LogP contribution in [0.15, 0.2) is 59.7 Å². The number of rotatable bonds is 9. The fraction of sp³-hybridized carbons (Fsp3) is 0.321. The summed E-state index contributed by atoms with van der Waals surface area (Å²) in [6.45, 7) is 3.78. The number of aliphatic hydroxyl groups excluding tert-OH is 1. The van der Waals surface area contributed by atoms with Crippen molar-refractivity contribution in [2.24, 2.45) is 0 Å². The SMILES string of the molecule is CCOC(=O)C1=CC(=O)c2c(cccc2OCC(O)COc2cccc3c2C(=O)C=C(CC)C3)C1. The molecule has 0 saturated carbocycles. The number of carbonyl (C=O) groups excluding carboxylic acids is 3. The maximum absolute atomic E-state index is 12.7. The van der Waals surface area contributed by atoms with E-state index in [9.17, 15) is 19.5 Å². The van der Waals surface area contributed by atoms with Crippen molar-refractivity contribution in [3.63, 3.8) is 0 Å². The Kier molecular flexibility index (Phi) is 7.46. The molecule has 2 aromatic carbocycles. The molecule has 1 N–H and O–H groups in total. The molecule has 0 aromatic heterocycles. The van der Waals surface area contributed by atoms with Crippen molar-refractivity contribution < 1.29 is 33.7 Å². The molecule has 4 rings (SSSR count). The fourth-order valence-electron chi connectivity index (χ4n) is 4.29. The van der Waals surface area contributed by atoms with Crippen molar-refractivity contribution in [3.8, 4) is 11.5 Å². The van der Waals surface area contributed by atoms with E-state index in [-0.39, 0.29) is 37.8 Å². The lowest BCUT2D eigenvalue weighted by atomic mass is 9.89. The van der Waals surface area contributed by atoms with Crippen LogP contribution in [0.5, 0.6) is 11.5 Å². The van der Waals surface area contributed by atoms with E-state index >= 15 is 0 Å². The minimum Gasteiger partial charge on any atom is -0.490 e. The molecule has 2 aliphatic rings. The first kappa shape index (κ1) is 24.4. The number of allylic oxidation sites excluding steroid dienone is 3. The molecular formula is C28H28O7. The lowest BCUT2D eigenvalue weighted by molar-refractivity contribution is -0.138. The molecule has 0 saturated heterocycles. The Morgan fingerprint density at radius 3 is 2.03 bits per heavy atom. The molecule has 182 valence electrons. The number of fused-ring (bicyclic) bond motifs is 2. The molecular weight excluding hydrogens is 448 g/mol. The van der Waals surface area contributed by atoms with E-state index in [0.717, 1.165) is 17.6 Å². The van der Waals surface area contributed by atoms with Crippen LogP contribution in [0.1, 0.15) is 52.1 Å². The number of benzene rings is 2. The number of esters is 1. The number of ether oxygens (including phenoxy) is 3. The molecule has 35 heavy (non-hydrogen) atoms. The minimum atomic E-state index is -0.994. The topological polar surface area (TPSA) is 99.1 Å². The van der Waals surface area contributed by atoms with Crippen LogP contribution in [-0.4, -0.2) is 48.6 Å². The molecule has 1 unspecified atom stereocenters. The second-order valence-electron chi connectivity index (χ2n) is 8.48. The highest BCUT2D eigenvalue weighted by atomic mass is 16.5. The number of aliphatic hydroxyl groups is 1. The van der Waals surface area contributed by atoms with Crippen LogP contribution in [-0.2, 0) is 22.4 Å². The molecule has 0 spiro atoms. The Morgan fingerprint density at radius 2 is 1.46 bits per heavy atom. The summed E-state index contributed by atoms with van der Waals surface area (Å²) in [4.78, 5) is 37.3. The summed E-state index contributed by atoms with van der Waals surface area (Å²) in [6, 6.07) is 10.6. The van der Waals surface area contributed by atoms with E-state index in [1.54, 1.807) is 37.3 Å². The van der Waals surface area contributed by atoms with Crippen LogP contribution in [0.4, 0.5) is 0 Å². The summed E-state index contributed by atoms with van der Waals surface area (Å²) in [5.74, 6) is -0.177. The van der Waals surface area contributed by atoms with Crippen LogP contribution in [0.2, 0.25) is 0 Å². The number of carbonyl (C=O) groups is 3. The van der Waals surface area contributed by atoms with Gasteiger partial charge < -0.3 is 19.3 Å². The Morgan fingerprint density at radius 1 is 0.886 bits per heavy atom. The van der Waals surface area contributed by atoms with E-state index in [4.69, 9.17) is 14.2 Å². The summed E-state index contributed by atoms with van der Waals surface area (Å²) in [5, 5.41) is 10.5. The monoisotopic (exact) mass is 476 g/mol. The third kappa shape index (κ3) is 5.35. The van der Waals surface area contributed by atoms with Gasteiger partial charge in [-0.3, -0.25) is 9.59 Å². The van der Waals surface area contributed by atoms with Gasteiger partial charge in [0.2, 0.25) is 0 Å². The maximum Gasteiger partial charge on any atom is 0.334 e. The van der Waals surface area contributed by atoms with Gasteiger partial charge in [0.25, 0.3) is 0 Å². The predicted molar refractivity (Wildman–Crippen MR) is 129 cm³/mol. The van der Waals surface area contributed by atoms with Crippen LogP contribution in [0, 0.1) is 0 Å². The Hall–Kier alpha value is -3.71. The third-order valence-electron chi connectivity index (χ3n) is 6.01. The van der Waals surface area contributed by atoms with Crippen LogP contribution >= 0.6 is 0 Å². The highest BCUT2D eigenvalue weighted by Gasteiger charge is 2.26. The minimum absolute atomic E-state index is 0.0794. The summed E-state index contributed by atoms with van der Waals surface area (Å²) in [5.41, 5.74) is 3.87. The number of ketones is 2. The zero-order valence-corrected chi connectivity index (χ0v) is 19.8. The molecule has 0 aliphatic heterocycles. The first-order valence-electron chi connectivity index (χ1n) is 11.7. The lowest BCUT2D eigenvalue weighted by Crippen LogP contribution is -2.26. The molecule has 7 nitrogen and oxygen atoms in total. The standard InChI is InChI=1S/C28H28O7/c1-3-17-11-18-7-5-9-24(26(18)22(30)12-17)34-15-21(29)16-35-25-10-6-8-19-13-20(28(32)33-4-2)14-23(31)27(19)25/h5-10,12,14,21,29H,3-4,11,13,15-16H2,1-2H3. The first-order chi connectivity index (χ1) is 16.9. The zero-order valence-electron chi connectivity index (χ0n) is 19.8. The predicted octanol–water partition coefficient (Wildman–Crippen LogP) is 3.81. The fourth-order valence-corrected chi connectivity index (χ4v) is 4.29. The summed E-state index contributed by atoms with van der Waals surface area (Å²) >= 11 is 0. The second-order valence-corrected chi connectivity index (χ2v) is 8.48. The molecule has 7 heteroatoms. The largest absolute Gasteiger partial charge is 0.490 e. The van der Waals surface area contributed by atoms with Gasteiger partial charge in [0.05, 0.1) is 17.7 Å². The van der Waals surface area contributed by atoms with Crippen molar-refractivity contribution in [2.75, 3.05) is 19.8 Å². The molecule has 0 bridgehead atoms. The van der Waals surface area contributed by atoms with E-state index in [0.29, 0.717) is 40.2 Å². The summed E-state index contributed by atoms with van der Waals surface area (Å²) in [7, 11) is 0. The van der Waals surface area contributed by atoms with Gasteiger partial charge in [0, 0.05) is 12.0 Å². The first-order valence-corrected chi connectivity index (χ1v) is 11.7. The van der Waals surface area contributed by atoms with E-state index in [1.807, 2.05) is 19.1 Å². The average Bonchev–Trinajstić information content (AvgIpc) is 2.85. The Labute approximate surface area is 204 Å². The van der Waals surface area contributed by atoms with Crippen molar-refractivity contribution >= 4 is 17.5 Å².